The summed E-state index contributed by atoms with van der Waals surface area (Å²) in [4.78, 5) is 4.68. The van der Waals surface area contributed by atoms with Crippen LogP contribution in [0.3, 0.4) is 0 Å². The van der Waals surface area contributed by atoms with E-state index in [0.717, 1.165) is 37.5 Å². The fourth-order valence-corrected chi connectivity index (χ4v) is 3.44. The highest BCUT2D eigenvalue weighted by atomic mass is 35.5. The van der Waals surface area contributed by atoms with Crippen LogP contribution < -0.4 is 9.64 Å². The molecule has 140 valence electrons. The van der Waals surface area contributed by atoms with Crippen LogP contribution in [0.2, 0.25) is 5.02 Å². The lowest BCUT2D eigenvalue weighted by atomic mass is 10.2. The second kappa shape index (κ2) is 7.98. The van der Waals surface area contributed by atoms with E-state index in [1.807, 2.05) is 36.4 Å². The van der Waals surface area contributed by atoms with E-state index in [1.165, 1.54) is 5.69 Å². The van der Waals surface area contributed by atoms with Gasteiger partial charge in [0.15, 0.2) is 0 Å². The van der Waals surface area contributed by atoms with Gasteiger partial charge in [-0.3, -0.25) is 4.90 Å². The fraction of sp³-hybridized carbons (Fsp3) is 0.300. The Kier molecular flexibility index (Phi) is 5.27. The first-order valence-corrected chi connectivity index (χ1v) is 9.29. The van der Waals surface area contributed by atoms with Crippen molar-refractivity contribution in [2.45, 2.75) is 6.54 Å². The van der Waals surface area contributed by atoms with Crippen molar-refractivity contribution in [2.75, 3.05) is 38.2 Å². The monoisotopic (exact) mass is 384 g/mol. The number of benzene rings is 2. The zero-order valence-electron chi connectivity index (χ0n) is 15.1. The van der Waals surface area contributed by atoms with E-state index in [2.05, 4.69) is 32.1 Å². The Morgan fingerprint density at radius 3 is 2.63 bits per heavy atom. The Balaban J connectivity index is 1.36. The lowest BCUT2D eigenvalue weighted by Gasteiger charge is -2.35. The van der Waals surface area contributed by atoms with Gasteiger partial charge in [0.05, 0.1) is 24.2 Å². The Hall–Kier alpha value is -2.57. The standard InChI is InChI=1S/C20H21ClN4O2/c1-26-16-6-4-5-15(13-16)25-11-9-24(10-12-25)14-19-22-23-20(27-19)17-7-2-3-8-18(17)21/h2-8,13H,9-12,14H2,1H3. The van der Waals surface area contributed by atoms with Crippen LogP contribution in [0, 0.1) is 0 Å². The van der Waals surface area contributed by atoms with Gasteiger partial charge in [-0.25, -0.2) is 0 Å². The average molecular weight is 385 g/mol. The van der Waals surface area contributed by atoms with Crippen LogP contribution in [-0.4, -0.2) is 48.4 Å². The van der Waals surface area contributed by atoms with Crippen molar-refractivity contribution in [2.24, 2.45) is 0 Å². The van der Waals surface area contributed by atoms with E-state index >= 15 is 0 Å². The molecule has 0 amide bonds. The minimum atomic E-state index is 0.464. The predicted octanol–water partition coefficient (Wildman–Crippen LogP) is 3.72. The van der Waals surface area contributed by atoms with Crippen LogP contribution in [0.4, 0.5) is 5.69 Å². The molecule has 6 nitrogen and oxygen atoms in total. The summed E-state index contributed by atoms with van der Waals surface area (Å²) in [6, 6.07) is 15.7. The predicted molar refractivity (Wildman–Crippen MR) is 105 cm³/mol. The van der Waals surface area contributed by atoms with Crippen molar-refractivity contribution >= 4 is 17.3 Å². The minimum absolute atomic E-state index is 0.464. The van der Waals surface area contributed by atoms with E-state index < -0.39 is 0 Å². The molecule has 1 aliphatic heterocycles. The molecule has 0 radical (unpaired) electrons. The number of methoxy groups -OCH3 is 1. The van der Waals surface area contributed by atoms with Crippen molar-refractivity contribution < 1.29 is 9.15 Å². The number of anilines is 1. The third-order valence-electron chi connectivity index (χ3n) is 4.72. The number of hydrogen-bond acceptors (Lipinski definition) is 6. The molecule has 0 aliphatic carbocycles. The van der Waals surface area contributed by atoms with Gasteiger partial charge in [-0.1, -0.05) is 29.8 Å². The van der Waals surface area contributed by atoms with E-state index in [0.29, 0.717) is 23.3 Å². The van der Waals surface area contributed by atoms with Crippen molar-refractivity contribution in [1.29, 1.82) is 0 Å². The van der Waals surface area contributed by atoms with E-state index in [9.17, 15) is 0 Å². The maximum absolute atomic E-state index is 6.20. The summed E-state index contributed by atoms with van der Waals surface area (Å²) in [6.07, 6.45) is 0. The third-order valence-corrected chi connectivity index (χ3v) is 5.05. The minimum Gasteiger partial charge on any atom is -0.497 e. The molecule has 1 fully saturated rings. The number of ether oxygens (including phenoxy) is 1. The molecule has 4 rings (SSSR count). The molecule has 1 aromatic heterocycles. The van der Waals surface area contributed by atoms with Crippen LogP contribution in [0.1, 0.15) is 5.89 Å². The van der Waals surface area contributed by atoms with Gasteiger partial charge in [-0.15, -0.1) is 10.2 Å². The second-order valence-corrected chi connectivity index (χ2v) is 6.85. The lowest BCUT2D eigenvalue weighted by Crippen LogP contribution is -2.46. The molecule has 2 aromatic carbocycles. The lowest BCUT2D eigenvalue weighted by molar-refractivity contribution is 0.227. The molecule has 27 heavy (non-hydrogen) atoms. The zero-order chi connectivity index (χ0) is 18.6. The summed E-state index contributed by atoms with van der Waals surface area (Å²) in [5.74, 6) is 1.96. The largest absolute Gasteiger partial charge is 0.497 e. The third kappa shape index (κ3) is 4.07. The Morgan fingerprint density at radius 1 is 1.04 bits per heavy atom. The maximum Gasteiger partial charge on any atom is 0.249 e. The van der Waals surface area contributed by atoms with Crippen LogP contribution >= 0.6 is 11.6 Å². The molecule has 0 unspecified atom stereocenters. The quantitative estimate of drug-likeness (QED) is 0.668. The number of aromatic nitrogens is 2. The summed E-state index contributed by atoms with van der Waals surface area (Å²) < 4.78 is 11.1. The summed E-state index contributed by atoms with van der Waals surface area (Å²) in [5.41, 5.74) is 1.95. The molecule has 1 saturated heterocycles. The molecular weight excluding hydrogens is 364 g/mol. The second-order valence-electron chi connectivity index (χ2n) is 6.45. The molecule has 3 aromatic rings. The first kappa shape index (κ1) is 17.8. The summed E-state index contributed by atoms with van der Waals surface area (Å²) in [7, 11) is 1.69. The molecule has 2 heterocycles. The topological polar surface area (TPSA) is 54.6 Å². The van der Waals surface area contributed by atoms with Gasteiger partial charge in [0, 0.05) is 37.9 Å². The van der Waals surface area contributed by atoms with Crippen molar-refractivity contribution in [1.82, 2.24) is 15.1 Å². The summed E-state index contributed by atoms with van der Waals surface area (Å²) in [6.45, 7) is 4.39. The Morgan fingerprint density at radius 2 is 1.85 bits per heavy atom. The first-order valence-electron chi connectivity index (χ1n) is 8.91. The summed E-state index contributed by atoms with van der Waals surface area (Å²) >= 11 is 6.20. The van der Waals surface area contributed by atoms with Gasteiger partial charge >= 0.3 is 0 Å². The SMILES string of the molecule is COc1cccc(N2CCN(Cc3nnc(-c4ccccc4Cl)o3)CC2)c1. The van der Waals surface area contributed by atoms with Gasteiger partial charge in [-0.05, 0) is 24.3 Å². The highest BCUT2D eigenvalue weighted by Crippen LogP contribution is 2.27. The first-order chi connectivity index (χ1) is 13.2. The maximum atomic E-state index is 6.20. The number of rotatable bonds is 5. The molecule has 0 spiro atoms. The molecular formula is C20H21ClN4O2. The van der Waals surface area contributed by atoms with Crippen LogP contribution in [0.25, 0.3) is 11.5 Å². The molecule has 0 saturated carbocycles. The van der Waals surface area contributed by atoms with Gasteiger partial charge in [0.1, 0.15) is 5.75 Å². The van der Waals surface area contributed by atoms with Crippen LogP contribution in [0.5, 0.6) is 5.75 Å². The smallest absolute Gasteiger partial charge is 0.249 e. The normalized spacial score (nSPS) is 15.1. The Labute approximate surface area is 163 Å². The van der Waals surface area contributed by atoms with Crippen molar-refractivity contribution in [3.63, 3.8) is 0 Å². The number of hydrogen-bond donors (Lipinski definition) is 0. The highest BCUT2D eigenvalue weighted by Gasteiger charge is 2.20. The molecule has 7 heteroatoms. The van der Waals surface area contributed by atoms with E-state index in [4.69, 9.17) is 20.8 Å². The van der Waals surface area contributed by atoms with Crippen molar-refractivity contribution in [3.8, 4) is 17.2 Å². The molecule has 0 N–H and O–H groups in total. The van der Waals surface area contributed by atoms with Gasteiger partial charge in [-0.2, -0.15) is 0 Å². The van der Waals surface area contributed by atoms with E-state index in [-0.39, 0.29) is 0 Å². The number of piperazine rings is 1. The van der Waals surface area contributed by atoms with Gasteiger partial charge < -0.3 is 14.1 Å². The number of halogens is 1. The van der Waals surface area contributed by atoms with Crippen LogP contribution in [0.15, 0.2) is 52.9 Å². The Bertz CT molecular complexity index is 906. The summed E-state index contributed by atoms with van der Waals surface area (Å²) in [5, 5.41) is 8.93. The van der Waals surface area contributed by atoms with Crippen molar-refractivity contribution in [3.05, 3.63) is 59.4 Å². The van der Waals surface area contributed by atoms with E-state index in [1.54, 1.807) is 7.11 Å². The zero-order valence-corrected chi connectivity index (χ0v) is 15.9. The average Bonchev–Trinajstić information content (AvgIpc) is 3.17. The molecule has 0 atom stereocenters. The molecule has 1 aliphatic rings. The fourth-order valence-electron chi connectivity index (χ4n) is 3.22. The van der Waals surface area contributed by atoms with Gasteiger partial charge in [0.2, 0.25) is 11.8 Å². The van der Waals surface area contributed by atoms with Gasteiger partial charge in [0.25, 0.3) is 0 Å². The number of nitrogens with zero attached hydrogens (tertiary/aromatic N) is 4. The highest BCUT2D eigenvalue weighted by molar-refractivity contribution is 6.33. The van der Waals surface area contributed by atoms with Crippen LogP contribution in [-0.2, 0) is 6.54 Å². The molecule has 0 bridgehead atoms.